The highest BCUT2D eigenvalue weighted by Gasteiger charge is 2.13. The second kappa shape index (κ2) is 8.11. The van der Waals surface area contributed by atoms with Crippen molar-refractivity contribution in [3.8, 4) is 11.3 Å². The predicted molar refractivity (Wildman–Crippen MR) is 97.2 cm³/mol. The van der Waals surface area contributed by atoms with Crippen molar-refractivity contribution in [1.82, 2.24) is 9.97 Å². The highest BCUT2D eigenvalue weighted by atomic mass is 35.5. The summed E-state index contributed by atoms with van der Waals surface area (Å²) < 4.78 is 0. The Morgan fingerprint density at radius 3 is 2.83 bits per heavy atom. The van der Waals surface area contributed by atoms with E-state index in [4.69, 9.17) is 11.6 Å². The van der Waals surface area contributed by atoms with Crippen LogP contribution >= 0.6 is 11.6 Å². The van der Waals surface area contributed by atoms with Gasteiger partial charge in [-0.1, -0.05) is 36.9 Å². The van der Waals surface area contributed by atoms with Gasteiger partial charge < -0.3 is 10.6 Å². The summed E-state index contributed by atoms with van der Waals surface area (Å²) in [5, 5.41) is 6.48. The van der Waals surface area contributed by atoms with Crippen LogP contribution in [0.15, 0.2) is 30.5 Å². The summed E-state index contributed by atoms with van der Waals surface area (Å²) in [4.78, 5) is 19.3. The van der Waals surface area contributed by atoms with Crippen LogP contribution in [0.3, 0.4) is 0 Å². The topological polar surface area (TPSA) is 66.9 Å². The standard InChI is InChI=1S/C18H21ClN4O/c19-15-11-21-18(22-12-24)9-14(15)16-7-4-8-17(23-16)20-10-13-5-2-1-3-6-13/h4,7-9,11-13H,1-3,5-6,10H2,(H,20,23)(H,21,22,24). The monoisotopic (exact) mass is 344 g/mol. The molecule has 2 heterocycles. The van der Waals surface area contributed by atoms with Crippen LogP contribution in [0.2, 0.25) is 5.02 Å². The number of halogens is 1. The molecule has 2 aromatic rings. The highest BCUT2D eigenvalue weighted by Crippen LogP contribution is 2.29. The normalized spacial score (nSPS) is 15.0. The van der Waals surface area contributed by atoms with E-state index in [1.54, 1.807) is 6.07 Å². The van der Waals surface area contributed by atoms with Gasteiger partial charge in [0, 0.05) is 18.3 Å². The highest BCUT2D eigenvalue weighted by molar-refractivity contribution is 6.33. The number of hydrogen-bond acceptors (Lipinski definition) is 4. The quantitative estimate of drug-likeness (QED) is 0.764. The number of nitrogens with zero attached hydrogens (tertiary/aromatic N) is 2. The van der Waals surface area contributed by atoms with Crippen LogP contribution in [0.4, 0.5) is 11.6 Å². The molecule has 0 radical (unpaired) electrons. The lowest BCUT2D eigenvalue weighted by Crippen LogP contribution is -2.17. The third-order valence-corrected chi connectivity index (χ3v) is 4.68. The first-order chi connectivity index (χ1) is 11.8. The van der Waals surface area contributed by atoms with Gasteiger partial charge in [-0.2, -0.15) is 0 Å². The maximum Gasteiger partial charge on any atom is 0.212 e. The van der Waals surface area contributed by atoms with E-state index in [0.29, 0.717) is 17.3 Å². The molecule has 0 aliphatic heterocycles. The summed E-state index contributed by atoms with van der Waals surface area (Å²) >= 11 is 6.24. The van der Waals surface area contributed by atoms with E-state index in [2.05, 4.69) is 20.6 Å². The van der Waals surface area contributed by atoms with E-state index in [0.717, 1.165) is 29.5 Å². The lowest BCUT2D eigenvalue weighted by atomic mass is 9.89. The molecular weight excluding hydrogens is 324 g/mol. The number of aromatic nitrogens is 2. The zero-order valence-corrected chi connectivity index (χ0v) is 14.2. The van der Waals surface area contributed by atoms with Gasteiger partial charge in [-0.25, -0.2) is 9.97 Å². The van der Waals surface area contributed by atoms with Crippen molar-refractivity contribution < 1.29 is 4.79 Å². The van der Waals surface area contributed by atoms with Crippen molar-refractivity contribution in [1.29, 1.82) is 0 Å². The first kappa shape index (κ1) is 16.7. The summed E-state index contributed by atoms with van der Waals surface area (Å²) in [6, 6.07) is 7.54. The van der Waals surface area contributed by atoms with Crippen LogP contribution in [0.5, 0.6) is 0 Å². The minimum atomic E-state index is 0.451. The molecule has 1 amide bonds. The van der Waals surface area contributed by atoms with Gasteiger partial charge in [0.15, 0.2) is 0 Å². The van der Waals surface area contributed by atoms with E-state index in [-0.39, 0.29) is 0 Å². The van der Waals surface area contributed by atoms with Gasteiger partial charge in [0.2, 0.25) is 6.41 Å². The molecule has 3 rings (SSSR count). The number of rotatable bonds is 6. The van der Waals surface area contributed by atoms with E-state index >= 15 is 0 Å². The summed E-state index contributed by atoms with van der Waals surface area (Å²) in [5.41, 5.74) is 1.50. The fourth-order valence-corrected chi connectivity index (χ4v) is 3.30. The molecule has 0 aromatic carbocycles. The zero-order chi connectivity index (χ0) is 16.8. The molecule has 6 heteroatoms. The lowest BCUT2D eigenvalue weighted by Gasteiger charge is -2.22. The van der Waals surface area contributed by atoms with Crippen LogP contribution < -0.4 is 10.6 Å². The fraction of sp³-hybridized carbons (Fsp3) is 0.389. The first-order valence-electron chi connectivity index (χ1n) is 8.33. The van der Waals surface area contributed by atoms with Crippen molar-refractivity contribution in [3.05, 3.63) is 35.5 Å². The smallest absolute Gasteiger partial charge is 0.212 e. The maximum atomic E-state index is 10.6. The van der Waals surface area contributed by atoms with Crippen molar-refractivity contribution >= 4 is 29.6 Å². The van der Waals surface area contributed by atoms with Crippen molar-refractivity contribution in [3.63, 3.8) is 0 Å². The first-order valence-corrected chi connectivity index (χ1v) is 8.71. The molecule has 1 fully saturated rings. The zero-order valence-electron chi connectivity index (χ0n) is 13.5. The molecule has 1 aliphatic carbocycles. The van der Waals surface area contributed by atoms with Crippen LogP contribution in [0.1, 0.15) is 32.1 Å². The molecule has 24 heavy (non-hydrogen) atoms. The molecule has 1 saturated carbocycles. The number of hydrogen-bond donors (Lipinski definition) is 2. The van der Waals surface area contributed by atoms with Gasteiger partial charge in [-0.3, -0.25) is 4.79 Å². The second-order valence-electron chi connectivity index (χ2n) is 6.10. The van der Waals surface area contributed by atoms with E-state index in [9.17, 15) is 4.79 Å². The largest absolute Gasteiger partial charge is 0.370 e. The molecule has 2 N–H and O–H groups in total. The summed E-state index contributed by atoms with van der Waals surface area (Å²) in [6.45, 7) is 0.957. The Morgan fingerprint density at radius 1 is 1.21 bits per heavy atom. The number of nitrogens with one attached hydrogen (secondary N) is 2. The Morgan fingerprint density at radius 2 is 2.04 bits per heavy atom. The number of anilines is 2. The third kappa shape index (κ3) is 4.23. The van der Waals surface area contributed by atoms with Gasteiger partial charge in [-0.05, 0) is 37.0 Å². The fourth-order valence-electron chi connectivity index (χ4n) is 3.10. The van der Waals surface area contributed by atoms with E-state index < -0.39 is 0 Å². The Hall–Kier alpha value is -2.14. The Kier molecular flexibility index (Phi) is 5.64. The van der Waals surface area contributed by atoms with Gasteiger partial charge in [0.25, 0.3) is 0 Å². The van der Waals surface area contributed by atoms with Gasteiger partial charge in [0.1, 0.15) is 11.6 Å². The Labute approximate surface area is 146 Å². The van der Waals surface area contributed by atoms with Crippen molar-refractivity contribution in [2.75, 3.05) is 17.2 Å². The maximum absolute atomic E-state index is 10.6. The Bertz CT molecular complexity index is 701. The molecule has 0 unspecified atom stereocenters. The average Bonchev–Trinajstić information content (AvgIpc) is 2.63. The molecule has 2 aromatic heterocycles. The number of amides is 1. The molecule has 0 spiro atoms. The molecule has 126 valence electrons. The van der Waals surface area contributed by atoms with Crippen LogP contribution in [-0.4, -0.2) is 22.9 Å². The summed E-state index contributed by atoms with van der Waals surface area (Å²) in [6.07, 6.45) is 8.73. The van der Waals surface area contributed by atoms with Gasteiger partial charge in [0.05, 0.1) is 10.7 Å². The Balaban J connectivity index is 1.74. The van der Waals surface area contributed by atoms with Gasteiger partial charge >= 0.3 is 0 Å². The average molecular weight is 345 g/mol. The lowest BCUT2D eigenvalue weighted by molar-refractivity contribution is -0.105. The van der Waals surface area contributed by atoms with Crippen molar-refractivity contribution in [2.45, 2.75) is 32.1 Å². The molecule has 0 atom stereocenters. The molecule has 5 nitrogen and oxygen atoms in total. The van der Waals surface area contributed by atoms with Gasteiger partial charge in [-0.15, -0.1) is 0 Å². The molecule has 0 bridgehead atoms. The van der Waals surface area contributed by atoms with E-state index in [1.165, 1.54) is 38.3 Å². The van der Waals surface area contributed by atoms with Crippen LogP contribution in [0, 0.1) is 5.92 Å². The SMILES string of the molecule is O=CNc1cc(-c2cccc(NCC3CCCCC3)n2)c(Cl)cn1. The second-order valence-corrected chi connectivity index (χ2v) is 6.51. The summed E-state index contributed by atoms with van der Waals surface area (Å²) in [7, 11) is 0. The minimum absolute atomic E-state index is 0.451. The number of pyridine rings is 2. The number of carbonyl (C=O) groups is 1. The molecule has 1 aliphatic rings. The third-order valence-electron chi connectivity index (χ3n) is 4.38. The summed E-state index contributed by atoms with van der Waals surface area (Å²) in [5.74, 6) is 2.03. The van der Waals surface area contributed by atoms with Crippen LogP contribution in [-0.2, 0) is 4.79 Å². The predicted octanol–water partition coefficient (Wildman–Crippen LogP) is 4.36. The van der Waals surface area contributed by atoms with Crippen molar-refractivity contribution in [2.24, 2.45) is 5.92 Å². The minimum Gasteiger partial charge on any atom is -0.370 e. The van der Waals surface area contributed by atoms with E-state index in [1.807, 2.05) is 18.2 Å². The molecule has 0 saturated heterocycles. The molecular formula is C18H21ClN4O. The number of carbonyl (C=O) groups excluding carboxylic acids is 1. The van der Waals surface area contributed by atoms with Crippen LogP contribution in [0.25, 0.3) is 11.3 Å².